The molecule has 1 aliphatic heterocycles. The molecule has 0 saturated heterocycles. The number of nitriles is 1. The lowest BCUT2D eigenvalue weighted by molar-refractivity contribution is -0.117. The number of carbonyl (C=O) groups is 1. The lowest BCUT2D eigenvalue weighted by atomic mass is 10.1. The van der Waals surface area contributed by atoms with Crippen molar-refractivity contribution in [3.8, 4) is 6.07 Å². The van der Waals surface area contributed by atoms with Gasteiger partial charge in [0.25, 0.3) is 0 Å². The summed E-state index contributed by atoms with van der Waals surface area (Å²) in [5, 5.41) is 17.7. The Balaban J connectivity index is 2.34. The first kappa shape index (κ1) is 10.7. The number of hydrogen-bond donors (Lipinski definition) is 1. The monoisotopic (exact) mass is 216 g/mol. The summed E-state index contributed by atoms with van der Waals surface area (Å²) < 4.78 is 0. The number of carbonyl (C=O) groups excluding carboxylic acids is 1. The van der Waals surface area contributed by atoms with Gasteiger partial charge in [-0.05, 0) is 23.6 Å². The standard InChI is InChI=1S/C12H12N2O2/c13-6-4-12(16)14-7-5-10-9(8-15)2-1-3-11(10)14/h1-3,15H,4-5,7-8H2. The zero-order valence-electron chi connectivity index (χ0n) is 8.81. The molecule has 0 aromatic heterocycles. The topological polar surface area (TPSA) is 64.3 Å². The summed E-state index contributed by atoms with van der Waals surface area (Å²) in [6, 6.07) is 7.40. The van der Waals surface area contributed by atoms with Crippen molar-refractivity contribution in [2.75, 3.05) is 11.4 Å². The number of anilines is 1. The number of rotatable bonds is 2. The van der Waals surface area contributed by atoms with E-state index in [0.29, 0.717) is 6.54 Å². The van der Waals surface area contributed by atoms with Gasteiger partial charge in [0.2, 0.25) is 5.91 Å². The molecular formula is C12H12N2O2. The molecule has 1 N–H and O–H groups in total. The Hall–Kier alpha value is -1.86. The van der Waals surface area contributed by atoms with Gasteiger partial charge in [0.15, 0.2) is 0 Å². The van der Waals surface area contributed by atoms with Crippen molar-refractivity contribution in [2.24, 2.45) is 0 Å². The number of aliphatic hydroxyl groups excluding tert-OH is 1. The highest BCUT2D eigenvalue weighted by Crippen LogP contribution is 2.31. The van der Waals surface area contributed by atoms with Crippen LogP contribution in [-0.2, 0) is 17.8 Å². The van der Waals surface area contributed by atoms with Gasteiger partial charge in [0.05, 0.1) is 12.7 Å². The maximum absolute atomic E-state index is 11.6. The molecular weight excluding hydrogens is 204 g/mol. The lowest BCUT2D eigenvalue weighted by Crippen LogP contribution is -2.28. The molecule has 1 aromatic carbocycles. The van der Waals surface area contributed by atoms with Crippen LogP contribution < -0.4 is 4.90 Å². The minimum Gasteiger partial charge on any atom is -0.392 e. The highest BCUT2D eigenvalue weighted by Gasteiger charge is 2.25. The van der Waals surface area contributed by atoms with Gasteiger partial charge in [0.1, 0.15) is 6.42 Å². The van der Waals surface area contributed by atoms with Gasteiger partial charge >= 0.3 is 0 Å². The van der Waals surface area contributed by atoms with Gasteiger partial charge < -0.3 is 10.0 Å². The summed E-state index contributed by atoms with van der Waals surface area (Å²) in [6.07, 6.45) is 0.659. The number of amides is 1. The molecule has 16 heavy (non-hydrogen) atoms. The highest BCUT2D eigenvalue weighted by molar-refractivity contribution is 5.96. The maximum atomic E-state index is 11.6. The predicted molar refractivity (Wildman–Crippen MR) is 58.7 cm³/mol. The fraction of sp³-hybridized carbons (Fsp3) is 0.333. The molecule has 1 aromatic rings. The zero-order chi connectivity index (χ0) is 11.5. The molecule has 4 nitrogen and oxygen atoms in total. The van der Waals surface area contributed by atoms with E-state index in [9.17, 15) is 9.90 Å². The average Bonchev–Trinajstić information content (AvgIpc) is 2.72. The van der Waals surface area contributed by atoms with Crippen LogP contribution in [0.2, 0.25) is 0 Å². The maximum Gasteiger partial charge on any atom is 0.241 e. The van der Waals surface area contributed by atoms with E-state index in [-0.39, 0.29) is 18.9 Å². The number of hydrogen-bond acceptors (Lipinski definition) is 3. The molecule has 1 heterocycles. The summed E-state index contributed by atoms with van der Waals surface area (Å²) >= 11 is 0. The van der Waals surface area contributed by atoms with Crippen LogP contribution >= 0.6 is 0 Å². The van der Waals surface area contributed by atoms with E-state index in [1.807, 2.05) is 24.3 Å². The fourth-order valence-electron chi connectivity index (χ4n) is 2.08. The minimum absolute atomic E-state index is 0.0105. The second kappa shape index (κ2) is 4.33. The second-order valence-electron chi connectivity index (χ2n) is 3.70. The van der Waals surface area contributed by atoms with Crippen LogP contribution in [0.5, 0.6) is 0 Å². The molecule has 0 saturated carbocycles. The van der Waals surface area contributed by atoms with Crippen LogP contribution in [0.1, 0.15) is 17.5 Å². The molecule has 4 heteroatoms. The Kier molecular flexibility index (Phi) is 2.88. The largest absolute Gasteiger partial charge is 0.392 e. The highest BCUT2D eigenvalue weighted by atomic mass is 16.3. The molecule has 0 aliphatic carbocycles. The number of fused-ring (bicyclic) bond motifs is 1. The first-order valence-electron chi connectivity index (χ1n) is 5.17. The zero-order valence-corrected chi connectivity index (χ0v) is 8.81. The molecule has 1 amide bonds. The predicted octanol–water partition coefficient (Wildman–Crippen LogP) is 0.982. The number of benzene rings is 1. The van der Waals surface area contributed by atoms with Crippen molar-refractivity contribution < 1.29 is 9.90 Å². The molecule has 0 fully saturated rings. The normalized spacial score (nSPS) is 13.4. The molecule has 0 bridgehead atoms. The Morgan fingerprint density at radius 1 is 1.56 bits per heavy atom. The fourth-order valence-corrected chi connectivity index (χ4v) is 2.08. The van der Waals surface area contributed by atoms with Gasteiger partial charge in [-0.1, -0.05) is 12.1 Å². The van der Waals surface area contributed by atoms with Gasteiger partial charge in [-0.2, -0.15) is 5.26 Å². The third-order valence-electron chi connectivity index (χ3n) is 2.83. The molecule has 1 aliphatic rings. The van der Waals surface area contributed by atoms with E-state index < -0.39 is 0 Å². The van der Waals surface area contributed by atoms with Crippen molar-refractivity contribution in [1.82, 2.24) is 0 Å². The number of nitrogens with zero attached hydrogens (tertiary/aromatic N) is 2. The van der Waals surface area contributed by atoms with Crippen LogP contribution in [0, 0.1) is 11.3 Å². The molecule has 0 unspecified atom stereocenters. The Morgan fingerprint density at radius 2 is 2.38 bits per heavy atom. The summed E-state index contributed by atoms with van der Waals surface area (Å²) in [5.41, 5.74) is 2.73. The first-order chi connectivity index (χ1) is 7.77. The van der Waals surface area contributed by atoms with Crippen LogP contribution in [-0.4, -0.2) is 17.6 Å². The van der Waals surface area contributed by atoms with Crippen molar-refractivity contribution in [3.05, 3.63) is 29.3 Å². The SMILES string of the molecule is N#CCC(=O)N1CCc2c(CO)cccc21. The van der Waals surface area contributed by atoms with Crippen LogP contribution in [0.15, 0.2) is 18.2 Å². The van der Waals surface area contributed by atoms with Gasteiger partial charge in [-0.15, -0.1) is 0 Å². The van der Waals surface area contributed by atoms with Crippen molar-refractivity contribution in [2.45, 2.75) is 19.4 Å². The van der Waals surface area contributed by atoms with Crippen molar-refractivity contribution in [1.29, 1.82) is 5.26 Å². The number of aliphatic hydroxyl groups is 1. The van der Waals surface area contributed by atoms with Crippen LogP contribution in [0.4, 0.5) is 5.69 Å². The van der Waals surface area contributed by atoms with E-state index in [1.165, 1.54) is 0 Å². The van der Waals surface area contributed by atoms with Crippen molar-refractivity contribution >= 4 is 11.6 Å². The summed E-state index contributed by atoms with van der Waals surface area (Å²) in [6.45, 7) is 0.594. The van der Waals surface area contributed by atoms with Gasteiger partial charge in [-0.3, -0.25) is 4.79 Å². The van der Waals surface area contributed by atoms with Crippen LogP contribution in [0.3, 0.4) is 0 Å². The Bertz CT molecular complexity index is 463. The lowest BCUT2D eigenvalue weighted by Gasteiger charge is -2.15. The summed E-state index contributed by atoms with van der Waals surface area (Å²) in [7, 11) is 0. The molecule has 2 rings (SSSR count). The van der Waals surface area contributed by atoms with Crippen molar-refractivity contribution in [3.63, 3.8) is 0 Å². The Morgan fingerprint density at radius 3 is 3.06 bits per heavy atom. The molecule has 0 radical (unpaired) electrons. The third kappa shape index (κ3) is 1.66. The second-order valence-corrected chi connectivity index (χ2v) is 3.70. The van der Waals surface area contributed by atoms with E-state index in [0.717, 1.165) is 23.2 Å². The van der Waals surface area contributed by atoms with E-state index in [2.05, 4.69) is 0 Å². The quantitative estimate of drug-likeness (QED) is 0.801. The van der Waals surface area contributed by atoms with E-state index >= 15 is 0 Å². The van der Waals surface area contributed by atoms with E-state index in [1.54, 1.807) is 4.90 Å². The summed E-state index contributed by atoms with van der Waals surface area (Å²) in [5.74, 6) is -0.170. The molecule has 0 spiro atoms. The summed E-state index contributed by atoms with van der Waals surface area (Å²) in [4.78, 5) is 13.3. The first-order valence-corrected chi connectivity index (χ1v) is 5.17. The van der Waals surface area contributed by atoms with Crippen LogP contribution in [0.25, 0.3) is 0 Å². The minimum atomic E-state index is -0.170. The van der Waals surface area contributed by atoms with Gasteiger partial charge in [-0.25, -0.2) is 0 Å². The molecule has 0 atom stereocenters. The smallest absolute Gasteiger partial charge is 0.241 e. The van der Waals surface area contributed by atoms with Gasteiger partial charge in [0, 0.05) is 12.2 Å². The molecule has 82 valence electrons. The van der Waals surface area contributed by atoms with E-state index in [4.69, 9.17) is 5.26 Å². The average molecular weight is 216 g/mol. The third-order valence-corrected chi connectivity index (χ3v) is 2.83. The Labute approximate surface area is 93.7 Å².